The molecule has 0 bridgehead atoms. The van der Waals surface area contributed by atoms with E-state index in [-0.39, 0.29) is 5.56 Å². The van der Waals surface area contributed by atoms with Crippen LogP contribution in [0.1, 0.15) is 29.5 Å². The van der Waals surface area contributed by atoms with Crippen LogP contribution in [-0.2, 0) is 12.8 Å². The molecule has 14 heavy (non-hydrogen) atoms. The lowest BCUT2D eigenvalue weighted by Gasteiger charge is -2.02. The molecular formula is C12H14F2. The van der Waals surface area contributed by atoms with Crippen LogP contribution in [-0.4, -0.2) is 0 Å². The second kappa shape index (κ2) is 4.89. The quantitative estimate of drug-likeness (QED) is 0.597. The van der Waals surface area contributed by atoms with E-state index in [1.165, 1.54) is 11.6 Å². The molecule has 0 radical (unpaired) electrons. The van der Waals surface area contributed by atoms with Crippen molar-refractivity contribution in [1.29, 1.82) is 0 Å². The molecule has 0 heterocycles. The normalized spacial score (nSPS) is 13.4. The molecule has 1 aliphatic carbocycles. The lowest BCUT2D eigenvalue weighted by atomic mass is 10.1. The third kappa shape index (κ3) is 2.19. The minimum atomic E-state index is -2.32. The first-order valence-electron chi connectivity index (χ1n) is 4.67. The standard InChI is InChI=1S/C10H10F2.C2H4/c11-10(12)9-5-4-7-2-1-3-8(7)6-9;1-2/h4-6,10H,1-3H2;1-2H2. The Kier molecular flexibility index (Phi) is 3.81. The second-order valence-corrected chi connectivity index (χ2v) is 3.18. The average molecular weight is 196 g/mol. The zero-order valence-electron chi connectivity index (χ0n) is 8.10. The highest BCUT2D eigenvalue weighted by atomic mass is 19.3. The van der Waals surface area contributed by atoms with Crippen molar-refractivity contribution in [2.75, 3.05) is 0 Å². The maximum Gasteiger partial charge on any atom is 0.263 e. The van der Waals surface area contributed by atoms with E-state index in [0.29, 0.717) is 0 Å². The van der Waals surface area contributed by atoms with Crippen molar-refractivity contribution in [2.24, 2.45) is 0 Å². The summed E-state index contributed by atoms with van der Waals surface area (Å²) in [5.41, 5.74) is 2.53. The van der Waals surface area contributed by atoms with Gasteiger partial charge in [0.1, 0.15) is 0 Å². The van der Waals surface area contributed by atoms with Crippen LogP contribution in [0.2, 0.25) is 0 Å². The lowest BCUT2D eigenvalue weighted by molar-refractivity contribution is 0.151. The third-order valence-corrected chi connectivity index (χ3v) is 2.37. The molecule has 0 aromatic heterocycles. The van der Waals surface area contributed by atoms with Crippen molar-refractivity contribution in [3.05, 3.63) is 48.0 Å². The Labute approximate surface area is 83.3 Å². The number of hydrogen-bond donors (Lipinski definition) is 0. The van der Waals surface area contributed by atoms with Gasteiger partial charge in [0, 0.05) is 5.56 Å². The Morgan fingerprint density at radius 2 is 1.71 bits per heavy atom. The van der Waals surface area contributed by atoms with E-state index in [1.807, 2.05) is 6.07 Å². The number of aryl methyl sites for hydroxylation is 2. The van der Waals surface area contributed by atoms with Gasteiger partial charge in [0.05, 0.1) is 0 Å². The molecule has 0 amide bonds. The summed E-state index contributed by atoms with van der Waals surface area (Å²) in [5, 5.41) is 0. The molecule has 0 saturated carbocycles. The van der Waals surface area contributed by atoms with E-state index >= 15 is 0 Å². The molecule has 0 saturated heterocycles. The number of hydrogen-bond acceptors (Lipinski definition) is 0. The van der Waals surface area contributed by atoms with Gasteiger partial charge >= 0.3 is 0 Å². The predicted molar refractivity (Wildman–Crippen MR) is 54.7 cm³/mol. The van der Waals surface area contributed by atoms with E-state index in [9.17, 15) is 8.78 Å². The molecule has 0 spiro atoms. The SMILES string of the molecule is C=C.FC(F)c1ccc2c(c1)CCC2. The Morgan fingerprint density at radius 3 is 2.36 bits per heavy atom. The van der Waals surface area contributed by atoms with Crippen molar-refractivity contribution in [3.8, 4) is 0 Å². The van der Waals surface area contributed by atoms with Crippen LogP contribution in [0.15, 0.2) is 31.4 Å². The van der Waals surface area contributed by atoms with Crippen molar-refractivity contribution in [3.63, 3.8) is 0 Å². The summed E-state index contributed by atoms with van der Waals surface area (Å²) in [5.74, 6) is 0. The van der Waals surface area contributed by atoms with Crippen LogP contribution in [0.25, 0.3) is 0 Å². The molecule has 0 unspecified atom stereocenters. The van der Waals surface area contributed by atoms with Gasteiger partial charge in [-0.15, -0.1) is 13.2 Å². The smallest absolute Gasteiger partial charge is 0.205 e. The molecule has 1 aliphatic rings. The Balaban J connectivity index is 0.000000461. The molecule has 2 rings (SSSR count). The van der Waals surface area contributed by atoms with Crippen molar-refractivity contribution in [2.45, 2.75) is 25.7 Å². The van der Waals surface area contributed by atoms with Crippen molar-refractivity contribution in [1.82, 2.24) is 0 Å². The predicted octanol–water partition coefficient (Wildman–Crippen LogP) is 3.92. The second-order valence-electron chi connectivity index (χ2n) is 3.18. The third-order valence-electron chi connectivity index (χ3n) is 2.37. The van der Waals surface area contributed by atoms with Crippen LogP contribution < -0.4 is 0 Å². The van der Waals surface area contributed by atoms with Gasteiger partial charge in [-0.1, -0.05) is 12.1 Å². The Bertz CT molecular complexity index is 305. The number of fused-ring (bicyclic) bond motifs is 1. The highest BCUT2D eigenvalue weighted by Crippen LogP contribution is 2.27. The van der Waals surface area contributed by atoms with E-state index in [1.54, 1.807) is 6.07 Å². The average Bonchev–Trinajstić information content (AvgIpc) is 2.67. The number of alkyl halides is 2. The molecule has 0 N–H and O–H groups in total. The first-order chi connectivity index (χ1) is 6.77. The first-order valence-corrected chi connectivity index (χ1v) is 4.67. The molecule has 0 atom stereocenters. The summed E-state index contributed by atoms with van der Waals surface area (Å²) >= 11 is 0. The molecule has 0 fully saturated rings. The van der Waals surface area contributed by atoms with Crippen LogP contribution in [0.4, 0.5) is 8.78 Å². The fourth-order valence-electron chi connectivity index (χ4n) is 1.73. The van der Waals surface area contributed by atoms with E-state index in [0.717, 1.165) is 24.8 Å². The minimum absolute atomic E-state index is 0.163. The number of rotatable bonds is 1. The van der Waals surface area contributed by atoms with E-state index < -0.39 is 6.43 Å². The molecule has 2 heteroatoms. The highest BCUT2D eigenvalue weighted by Gasteiger charge is 2.13. The first kappa shape index (κ1) is 10.9. The monoisotopic (exact) mass is 196 g/mol. The molecule has 0 aliphatic heterocycles. The van der Waals surface area contributed by atoms with Gasteiger partial charge in [0.15, 0.2) is 0 Å². The van der Waals surface area contributed by atoms with Crippen molar-refractivity contribution >= 4 is 0 Å². The Morgan fingerprint density at radius 1 is 1.07 bits per heavy atom. The van der Waals surface area contributed by atoms with Gasteiger partial charge < -0.3 is 0 Å². The zero-order chi connectivity index (χ0) is 10.6. The molecule has 1 aromatic carbocycles. The molecule has 0 nitrogen and oxygen atoms in total. The van der Waals surface area contributed by atoms with Crippen molar-refractivity contribution < 1.29 is 8.78 Å². The topological polar surface area (TPSA) is 0 Å². The van der Waals surface area contributed by atoms with Gasteiger partial charge in [-0.3, -0.25) is 0 Å². The van der Waals surface area contributed by atoms with E-state index in [2.05, 4.69) is 13.2 Å². The summed E-state index contributed by atoms with van der Waals surface area (Å²) in [6.07, 6.45) is 0.812. The minimum Gasteiger partial charge on any atom is -0.205 e. The number of halogens is 2. The maximum absolute atomic E-state index is 12.2. The summed E-state index contributed by atoms with van der Waals surface area (Å²) in [6.45, 7) is 6.00. The number of benzene rings is 1. The molecule has 76 valence electrons. The van der Waals surface area contributed by atoms with Gasteiger partial charge in [0.25, 0.3) is 6.43 Å². The summed E-state index contributed by atoms with van der Waals surface area (Å²) in [7, 11) is 0. The van der Waals surface area contributed by atoms with Crippen LogP contribution in [0, 0.1) is 0 Å². The largest absolute Gasteiger partial charge is 0.263 e. The fourth-order valence-corrected chi connectivity index (χ4v) is 1.73. The van der Waals surface area contributed by atoms with Gasteiger partial charge in [-0.2, -0.15) is 0 Å². The summed E-state index contributed by atoms with van der Waals surface area (Å²) in [6, 6.07) is 5.02. The van der Waals surface area contributed by atoms with Gasteiger partial charge in [0.2, 0.25) is 0 Å². The van der Waals surface area contributed by atoms with Gasteiger partial charge in [-0.25, -0.2) is 8.78 Å². The summed E-state index contributed by atoms with van der Waals surface area (Å²) in [4.78, 5) is 0. The molecular weight excluding hydrogens is 182 g/mol. The lowest BCUT2D eigenvalue weighted by Crippen LogP contribution is -1.88. The maximum atomic E-state index is 12.2. The Hall–Kier alpha value is -1.18. The highest BCUT2D eigenvalue weighted by molar-refractivity contribution is 5.35. The van der Waals surface area contributed by atoms with Crippen LogP contribution in [0.3, 0.4) is 0 Å². The molecule has 1 aromatic rings. The van der Waals surface area contributed by atoms with E-state index in [4.69, 9.17) is 0 Å². The van der Waals surface area contributed by atoms with Gasteiger partial charge in [-0.05, 0) is 36.5 Å². The van der Waals surface area contributed by atoms with Crippen LogP contribution in [0.5, 0.6) is 0 Å². The zero-order valence-corrected chi connectivity index (χ0v) is 8.10. The van der Waals surface area contributed by atoms with Crippen LogP contribution >= 0.6 is 0 Å². The fraction of sp³-hybridized carbons (Fsp3) is 0.333. The summed E-state index contributed by atoms with van der Waals surface area (Å²) < 4.78 is 24.5.